The summed E-state index contributed by atoms with van der Waals surface area (Å²) >= 11 is 0. The van der Waals surface area contributed by atoms with Crippen molar-refractivity contribution < 1.29 is 8.42 Å². The van der Waals surface area contributed by atoms with Crippen LogP contribution in [-0.4, -0.2) is 30.8 Å². The van der Waals surface area contributed by atoms with E-state index in [1.54, 1.807) is 0 Å². The number of hydrogen-bond acceptors (Lipinski definition) is 3. The lowest BCUT2D eigenvalue weighted by Gasteiger charge is -2.17. The number of imidazole rings is 1. The number of aryl methyl sites for hydroxylation is 2. The van der Waals surface area contributed by atoms with Gasteiger partial charge < -0.3 is 4.57 Å². The van der Waals surface area contributed by atoms with Crippen molar-refractivity contribution in [2.45, 2.75) is 38.6 Å². The van der Waals surface area contributed by atoms with E-state index >= 15 is 0 Å². The summed E-state index contributed by atoms with van der Waals surface area (Å²) in [5.74, 6) is 0. The Labute approximate surface area is 159 Å². The third kappa shape index (κ3) is 2.92. The second-order valence-electron chi connectivity index (χ2n) is 7.74. The molecule has 2 aliphatic rings. The predicted octanol–water partition coefficient (Wildman–Crippen LogP) is 3.29. The van der Waals surface area contributed by atoms with Crippen LogP contribution in [0.2, 0.25) is 0 Å². The van der Waals surface area contributed by atoms with Gasteiger partial charge in [-0.1, -0.05) is 12.1 Å². The van der Waals surface area contributed by atoms with Gasteiger partial charge in [0.2, 0.25) is 10.0 Å². The highest BCUT2D eigenvalue weighted by Gasteiger charge is 2.26. The van der Waals surface area contributed by atoms with E-state index in [2.05, 4.69) is 27.8 Å². The predicted molar refractivity (Wildman–Crippen MR) is 108 cm³/mol. The largest absolute Gasteiger partial charge is 0.326 e. The van der Waals surface area contributed by atoms with E-state index in [1.807, 2.05) is 18.5 Å². The zero-order valence-corrected chi connectivity index (χ0v) is 16.3. The first-order chi connectivity index (χ1) is 13.0. The number of sulfonamides is 1. The fourth-order valence-corrected chi connectivity index (χ4v) is 5.44. The Hall–Kier alpha value is -2.34. The molecule has 140 valence electrons. The van der Waals surface area contributed by atoms with Crippen molar-refractivity contribution in [1.29, 1.82) is 0 Å². The van der Waals surface area contributed by atoms with Gasteiger partial charge in [-0.3, -0.25) is 4.31 Å². The fourth-order valence-electron chi connectivity index (χ4n) is 4.48. The van der Waals surface area contributed by atoms with Crippen molar-refractivity contribution in [1.82, 2.24) is 9.55 Å². The lowest BCUT2D eigenvalue weighted by Crippen LogP contribution is -2.27. The molecule has 6 heteroatoms. The van der Waals surface area contributed by atoms with E-state index in [0.717, 1.165) is 36.2 Å². The lowest BCUT2D eigenvalue weighted by molar-refractivity contribution is 0.598. The van der Waals surface area contributed by atoms with E-state index in [9.17, 15) is 8.42 Å². The molecular formula is C21H23N3O2S. The van der Waals surface area contributed by atoms with Gasteiger partial charge >= 0.3 is 0 Å². The Morgan fingerprint density at radius 2 is 1.78 bits per heavy atom. The van der Waals surface area contributed by atoms with Gasteiger partial charge in [-0.05, 0) is 72.6 Å². The minimum Gasteiger partial charge on any atom is -0.326 e. The molecule has 0 fully saturated rings. The third-order valence-corrected chi connectivity index (χ3v) is 7.01. The minimum atomic E-state index is -3.20. The number of fused-ring (bicyclic) bond motifs is 3. The number of hydrogen-bond donors (Lipinski definition) is 0. The Balaban J connectivity index is 1.48. The lowest BCUT2D eigenvalue weighted by atomic mass is 9.91. The summed E-state index contributed by atoms with van der Waals surface area (Å²) in [4.78, 5) is 4.62. The zero-order chi connectivity index (χ0) is 18.6. The van der Waals surface area contributed by atoms with Crippen molar-refractivity contribution >= 4 is 26.7 Å². The Bertz CT molecular complexity index is 1150. The van der Waals surface area contributed by atoms with Crippen LogP contribution in [0.5, 0.6) is 0 Å². The van der Waals surface area contributed by atoms with Crippen molar-refractivity contribution in [2.75, 3.05) is 17.1 Å². The van der Waals surface area contributed by atoms with Crippen LogP contribution in [0.3, 0.4) is 0 Å². The van der Waals surface area contributed by atoms with Crippen LogP contribution in [0.15, 0.2) is 36.7 Å². The molecular weight excluding hydrogens is 358 g/mol. The van der Waals surface area contributed by atoms with Crippen LogP contribution in [0.4, 0.5) is 5.69 Å². The molecule has 0 unspecified atom stereocenters. The van der Waals surface area contributed by atoms with Gasteiger partial charge in [0.1, 0.15) is 0 Å². The van der Waals surface area contributed by atoms with Crippen LogP contribution >= 0.6 is 0 Å². The molecule has 1 aliphatic heterocycles. The van der Waals surface area contributed by atoms with E-state index < -0.39 is 10.0 Å². The van der Waals surface area contributed by atoms with Gasteiger partial charge in [-0.2, -0.15) is 0 Å². The first kappa shape index (κ1) is 16.8. The maximum absolute atomic E-state index is 11.9. The molecule has 0 atom stereocenters. The molecule has 1 aliphatic carbocycles. The first-order valence-corrected chi connectivity index (χ1v) is 11.4. The van der Waals surface area contributed by atoms with Crippen LogP contribution in [0.1, 0.15) is 35.1 Å². The maximum Gasteiger partial charge on any atom is 0.232 e. The second kappa shape index (κ2) is 6.09. The van der Waals surface area contributed by atoms with Gasteiger partial charge in [0.05, 0.1) is 29.3 Å². The van der Waals surface area contributed by atoms with Crippen LogP contribution in [-0.2, 0) is 35.8 Å². The van der Waals surface area contributed by atoms with E-state index in [4.69, 9.17) is 0 Å². The summed E-state index contributed by atoms with van der Waals surface area (Å²) < 4.78 is 27.5. The number of aromatic nitrogens is 2. The standard InChI is InChI=1S/C21H23N3O2S/c1-27(25,26)24-9-8-18-10-15(6-7-20(18)24)13-23-14-22-19-11-16-4-2-3-5-17(16)12-21(19)23/h6-7,10-12,14H,2-5,8-9,13H2,1H3. The molecule has 0 radical (unpaired) electrons. The normalized spacial score (nSPS) is 16.6. The quantitative estimate of drug-likeness (QED) is 0.700. The smallest absolute Gasteiger partial charge is 0.232 e. The number of anilines is 1. The van der Waals surface area contributed by atoms with Gasteiger partial charge in [0.25, 0.3) is 0 Å². The second-order valence-corrected chi connectivity index (χ2v) is 9.64. The molecule has 27 heavy (non-hydrogen) atoms. The first-order valence-electron chi connectivity index (χ1n) is 9.55. The molecule has 0 amide bonds. The Morgan fingerprint density at radius 3 is 2.56 bits per heavy atom. The highest BCUT2D eigenvalue weighted by Crippen LogP contribution is 2.31. The van der Waals surface area contributed by atoms with E-state index in [0.29, 0.717) is 6.54 Å². The van der Waals surface area contributed by atoms with Gasteiger partial charge in [-0.25, -0.2) is 13.4 Å². The summed E-state index contributed by atoms with van der Waals surface area (Å²) in [6.45, 7) is 1.29. The average molecular weight is 382 g/mol. The average Bonchev–Trinajstić information content (AvgIpc) is 3.23. The number of rotatable bonds is 3. The van der Waals surface area contributed by atoms with Crippen molar-refractivity contribution in [3.05, 3.63) is 58.9 Å². The summed E-state index contributed by atoms with van der Waals surface area (Å²) in [5.41, 5.74) is 8.30. The molecule has 2 aromatic carbocycles. The number of nitrogens with zero attached hydrogens (tertiary/aromatic N) is 3. The maximum atomic E-state index is 11.9. The van der Waals surface area contributed by atoms with Crippen LogP contribution < -0.4 is 4.31 Å². The molecule has 5 nitrogen and oxygen atoms in total. The Morgan fingerprint density at radius 1 is 1.00 bits per heavy atom. The van der Waals surface area contributed by atoms with Crippen molar-refractivity contribution in [3.63, 3.8) is 0 Å². The summed E-state index contributed by atoms with van der Waals surface area (Å²) in [6, 6.07) is 10.7. The zero-order valence-electron chi connectivity index (χ0n) is 15.5. The number of benzene rings is 2. The van der Waals surface area contributed by atoms with Crippen molar-refractivity contribution in [2.24, 2.45) is 0 Å². The van der Waals surface area contributed by atoms with E-state index in [-0.39, 0.29) is 0 Å². The molecule has 5 rings (SSSR count). The monoisotopic (exact) mass is 381 g/mol. The molecule has 0 N–H and O–H groups in total. The van der Waals surface area contributed by atoms with Gasteiger partial charge in [0, 0.05) is 13.1 Å². The molecule has 2 heterocycles. The van der Waals surface area contributed by atoms with Gasteiger partial charge in [-0.15, -0.1) is 0 Å². The van der Waals surface area contributed by atoms with Crippen molar-refractivity contribution in [3.8, 4) is 0 Å². The molecule has 0 saturated carbocycles. The topological polar surface area (TPSA) is 55.2 Å². The van der Waals surface area contributed by atoms with E-state index in [1.165, 1.54) is 52.0 Å². The fraction of sp³-hybridized carbons (Fsp3) is 0.381. The summed E-state index contributed by atoms with van der Waals surface area (Å²) in [7, 11) is -3.20. The van der Waals surface area contributed by atoms with Gasteiger partial charge in [0.15, 0.2) is 0 Å². The molecule has 3 aromatic rings. The summed E-state index contributed by atoms with van der Waals surface area (Å²) in [6.07, 6.45) is 8.85. The molecule has 0 spiro atoms. The summed E-state index contributed by atoms with van der Waals surface area (Å²) in [5, 5.41) is 0. The Kier molecular flexibility index (Phi) is 3.79. The third-order valence-electron chi connectivity index (χ3n) is 5.83. The highest BCUT2D eigenvalue weighted by molar-refractivity contribution is 7.92. The van der Waals surface area contributed by atoms with Crippen LogP contribution in [0, 0.1) is 0 Å². The molecule has 1 aromatic heterocycles. The van der Waals surface area contributed by atoms with Crippen LogP contribution in [0.25, 0.3) is 11.0 Å². The highest BCUT2D eigenvalue weighted by atomic mass is 32.2. The minimum absolute atomic E-state index is 0.539. The SMILES string of the molecule is CS(=O)(=O)N1CCc2cc(Cn3cnc4cc5c(cc43)CCCC5)ccc21. The molecule has 0 saturated heterocycles. The molecule has 0 bridgehead atoms.